The lowest BCUT2D eigenvalue weighted by molar-refractivity contribution is 0.0934. The van der Waals surface area contributed by atoms with E-state index in [0.717, 1.165) is 5.56 Å². The average molecular weight is 373 g/mol. The lowest BCUT2D eigenvalue weighted by Crippen LogP contribution is -2.26. The highest BCUT2D eigenvalue weighted by Crippen LogP contribution is 2.32. The van der Waals surface area contributed by atoms with Crippen LogP contribution >= 0.6 is 11.6 Å². The lowest BCUT2D eigenvalue weighted by Gasteiger charge is -2.13. The number of oxazole rings is 1. The third-order valence-electron chi connectivity index (χ3n) is 3.85. The number of amides is 1. The zero-order valence-electron chi connectivity index (χ0n) is 14.2. The molecule has 0 aliphatic carbocycles. The first-order valence-corrected chi connectivity index (χ1v) is 8.25. The number of phenolic OH excluding ortho intramolecular Hbond substituents is 1. The van der Waals surface area contributed by atoms with E-state index in [0.29, 0.717) is 16.3 Å². The van der Waals surface area contributed by atoms with Crippen LogP contribution in [-0.4, -0.2) is 23.1 Å². The zero-order valence-corrected chi connectivity index (χ0v) is 14.9. The summed E-state index contributed by atoms with van der Waals surface area (Å²) in [5.41, 5.74) is 1.47. The predicted octanol–water partition coefficient (Wildman–Crippen LogP) is 4.20. The topological polar surface area (TPSA) is 84.6 Å². The van der Waals surface area contributed by atoms with Gasteiger partial charge in [-0.25, -0.2) is 4.98 Å². The maximum absolute atomic E-state index is 12.4. The Bertz CT molecular complexity index is 939. The molecule has 7 heteroatoms. The van der Waals surface area contributed by atoms with Gasteiger partial charge >= 0.3 is 0 Å². The predicted molar refractivity (Wildman–Crippen MR) is 97.5 cm³/mol. The lowest BCUT2D eigenvalue weighted by atomic mass is 10.1. The summed E-state index contributed by atoms with van der Waals surface area (Å²) < 4.78 is 10.7. The maximum Gasteiger partial charge on any atom is 0.273 e. The first-order valence-electron chi connectivity index (χ1n) is 7.87. The van der Waals surface area contributed by atoms with E-state index in [1.165, 1.54) is 13.4 Å². The van der Waals surface area contributed by atoms with Gasteiger partial charge in [0, 0.05) is 5.02 Å². The fourth-order valence-corrected chi connectivity index (χ4v) is 2.67. The number of hydrogen-bond acceptors (Lipinski definition) is 5. The highest BCUT2D eigenvalue weighted by molar-refractivity contribution is 6.30. The summed E-state index contributed by atoms with van der Waals surface area (Å²) in [4.78, 5) is 16.7. The van der Waals surface area contributed by atoms with E-state index in [9.17, 15) is 9.90 Å². The standard InChI is InChI=1S/C19H17ClN2O4/c1-11(12-4-3-5-14(23)8-12)21-18(24)16-10-26-19(22-16)15-9-13(20)6-7-17(15)25-2/h3-11,23H,1-2H3,(H,21,24)/t11-/m0/s1. The first kappa shape index (κ1) is 17.8. The van der Waals surface area contributed by atoms with E-state index in [2.05, 4.69) is 10.3 Å². The summed E-state index contributed by atoms with van der Waals surface area (Å²) in [6, 6.07) is 11.4. The number of benzene rings is 2. The van der Waals surface area contributed by atoms with Gasteiger partial charge in [0.2, 0.25) is 5.89 Å². The monoisotopic (exact) mass is 372 g/mol. The van der Waals surface area contributed by atoms with Crippen molar-refractivity contribution in [3.05, 3.63) is 65.0 Å². The van der Waals surface area contributed by atoms with Crippen LogP contribution in [0.15, 0.2) is 53.1 Å². The molecule has 0 spiro atoms. The van der Waals surface area contributed by atoms with Crippen LogP contribution in [0.1, 0.15) is 29.0 Å². The van der Waals surface area contributed by atoms with Gasteiger partial charge in [-0.05, 0) is 42.8 Å². The molecule has 26 heavy (non-hydrogen) atoms. The van der Waals surface area contributed by atoms with Crippen LogP contribution < -0.4 is 10.1 Å². The third-order valence-corrected chi connectivity index (χ3v) is 4.08. The summed E-state index contributed by atoms with van der Waals surface area (Å²) in [5, 5.41) is 12.9. The van der Waals surface area contributed by atoms with Gasteiger partial charge in [0.15, 0.2) is 5.69 Å². The van der Waals surface area contributed by atoms with Crippen LogP contribution in [-0.2, 0) is 0 Å². The Hall–Kier alpha value is -2.99. The molecule has 0 aliphatic heterocycles. The number of halogens is 1. The highest BCUT2D eigenvalue weighted by atomic mass is 35.5. The van der Waals surface area contributed by atoms with Crippen LogP contribution in [0.25, 0.3) is 11.5 Å². The summed E-state index contributed by atoms with van der Waals surface area (Å²) in [7, 11) is 1.53. The van der Waals surface area contributed by atoms with Gasteiger partial charge in [-0.15, -0.1) is 0 Å². The Morgan fingerprint density at radius 3 is 2.85 bits per heavy atom. The van der Waals surface area contributed by atoms with E-state index in [-0.39, 0.29) is 23.4 Å². The zero-order chi connectivity index (χ0) is 18.7. The van der Waals surface area contributed by atoms with Gasteiger partial charge in [-0.1, -0.05) is 23.7 Å². The Labute approximate surface area is 155 Å². The minimum atomic E-state index is -0.392. The molecule has 2 aromatic carbocycles. The van der Waals surface area contributed by atoms with Crippen LogP contribution in [0.4, 0.5) is 0 Å². The Balaban J connectivity index is 1.79. The number of ether oxygens (including phenoxy) is 1. The SMILES string of the molecule is COc1ccc(Cl)cc1-c1nc(C(=O)N[C@@H](C)c2cccc(O)c2)co1. The molecule has 2 N–H and O–H groups in total. The number of rotatable bonds is 5. The molecule has 3 rings (SSSR count). The third kappa shape index (κ3) is 3.81. The quantitative estimate of drug-likeness (QED) is 0.701. The Morgan fingerprint density at radius 2 is 2.12 bits per heavy atom. The van der Waals surface area contributed by atoms with Crippen molar-refractivity contribution in [3.8, 4) is 23.0 Å². The van der Waals surface area contributed by atoms with E-state index >= 15 is 0 Å². The van der Waals surface area contributed by atoms with Gasteiger partial charge in [0.1, 0.15) is 17.8 Å². The molecule has 0 saturated heterocycles. The van der Waals surface area contributed by atoms with Crippen molar-refractivity contribution < 1.29 is 19.1 Å². The summed E-state index contributed by atoms with van der Waals surface area (Å²) in [6.07, 6.45) is 1.28. The van der Waals surface area contributed by atoms with Crippen molar-refractivity contribution in [2.45, 2.75) is 13.0 Å². The van der Waals surface area contributed by atoms with Crippen molar-refractivity contribution in [2.75, 3.05) is 7.11 Å². The largest absolute Gasteiger partial charge is 0.508 e. The van der Waals surface area contributed by atoms with Gasteiger partial charge in [-0.2, -0.15) is 0 Å². The number of carbonyl (C=O) groups excluding carboxylic acids is 1. The van der Waals surface area contributed by atoms with Crippen molar-refractivity contribution in [1.82, 2.24) is 10.3 Å². The number of methoxy groups -OCH3 is 1. The number of nitrogens with one attached hydrogen (secondary N) is 1. The second-order valence-corrected chi connectivity index (χ2v) is 6.11. The highest BCUT2D eigenvalue weighted by Gasteiger charge is 2.18. The van der Waals surface area contributed by atoms with Crippen molar-refractivity contribution in [3.63, 3.8) is 0 Å². The Morgan fingerprint density at radius 1 is 1.31 bits per heavy atom. The van der Waals surface area contributed by atoms with E-state index in [1.54, 1.807) is 36.4 Å². The molecule has 1 aromatic heterocycles. The van der Waals surface area contributed by atoms with E-state index in [4.69, 9.17) is 20.8 Å². The van der Waals surface area contributed by atoms with Gasteiger partial charge < -0.3 is 19.6 Å². The maximum atomic E-state index is 12.4. The van der Waals surface area contributed by atoms with Gasteiger partial charge in [-0.3, -0.25) is 4.79 Å². The van der Waals surface area contributed by atoms with Crippen molar-refractivity contribution >= 4 is 17.5 Å². The number of nitrogens with zero attached hydrogens (tertiary/aromatic N) is 1. The molecule has 6 nitrogen and oxygen atoms in total. The second kappa shape index (κ2) is 7.49. The first-order chi connectivity index (χ1) is 12.5. The van der Waals surface area contributed by atoms with Crippen LogP contribution in [0.3, 0.4) is 0 Å². The number of carbonyl (C=O) groups is 1. The second-order valence-electron chi connectivity index (χ2n) is 5.67. The van der Waals surface area contributed by atoms with Crippen molar-refractivity contribution in [1.29, 1.82) is 0 Å². The summed E-state index contributed by atoms with van der Waals surface area (Å²) in [6.45, 7) is 1.81. The number of aromatic nitrogens is 1. The molecule has 0 aliphatic rings. The van der Waals surface area contributed by atoms with E-state index < -0.39 is 5.91 Å². The molecule has 1 amide bonds. The average Bonchev–Trinajstić information content (AvgIpc) is 3.11. The number of aromatic hydroxyl groups is 1. The van der Waals surface area contributed by atoms with Crippen LogP contribution in [0, 0.1) is 0 Å². The molecule has 0 bridgehead atoms. The summed E-state index contributed by atoms with van der Waals surface area (Å²) in [5.74, 6) is 0.521. The van der Waals surface area contributed by atoms with Crippen molar-refractivity contribution in [2.24, 2.45) is 0 Å². The molecule has 0 saturated carbocycles. The Kier molecular flexibility index (Phi) is 5.14. The molecular formula is C19H17ClN2O4. The molecule has 0 unspecified atom stereocenters. The number of hydrogen-bond donors (Lipinski definition) is 2. The molecule has 3 aromatic rings. The molecule has 0 fully saturated rings. The fraction of sp³-hybridized carbons (Fsp3) is 0.158. The molecule has 0 radical (unpaired) electrons. The van der Waals surface area contributed by atoms with Gasteiger partial charge in [0.05, 0.1) is 18.7 Å². The molecule has 1 atom stereocenters. The fourth-order valence-electron chi connectivity index (χ4n) is 2.50. The molecule has 134 valence electrons. The van der Waals surface area contributed by atoms with Gasteiger partial charge in [0.25, 0.3) is 5.91 Å². The normalized spacial score (nSPS) is 11.8. The molecule has 1 heterocycles. The number of phenols is 1. The van der Waals surface area contributed by atoms with Crippen LogP contribution in [0.5, 0.6) is 11.5 Å². The minimum Gasteiger partial charge on any atom is -0.508 e. The minimum absolute atomic E-state index is 0.133. The van der Waals surface area contributed by atoms with Crippen LogP contribution in [0.2, 0.25) is 5.02 Å². The summed E-state index contributed by atoms with van der Waals surface area (Å²) >= 11 is 6.02. The smallest absolute Gasteiger partial charge is 0.273 e. The molecular weight excluding hydrogens is 356 g/mol. The van der Waals surface area contributed by atoms with E-state index in [1.807, 2.05) is 13.0 Å².